The number of aryl methyl sites for hydroxylation is 1. The maximum Gasteiger partial charge on any atom is 0.238 e. The number of carbonyl (C=O) groups is 1. The van der Waals surface area contributed by atoms with Crippen molar-refractivity contribution in [1.82, 2.24) is 4.90 Å². The first kappa shape index (κ1) is 17.2. The van der Waals surface area contributed by atoms with Gasteiger partial charge < -0.3 is 14.8 Å². The van der Waals surface area contributed by atoms with Crippen LogP contribution in [0, 0.1) is 12.7 Å². The van der Waals surface area contributed by atoms with Gasteiger partial charge in [0.05, 0.1) is 12.2 Å². The lowest BCUT2D eigenvalue weighted by Gasteiger charge is -2.29. The quantitative estimate of drug-likeness (QED) is 0.906. The van der Waals surface area contributed by atoms with Crippen LogP contribution in [-0.4, -0.2) is 43.7 Å². The van der Waals surface area contributed by atoms with Crippen LogP contribution in [0.4, 0.5) is 10.1 Å². The van der Waals surface area contributed by atoms with E-state index in [0.717, 1.165) is 11.3 Å². The molecule has 1 aliphatic rings. The Kier molecular flexibility index (Phi) is 5.19. The molecule has 3 rings (SSSR count). The number of amides is 1. The number of rotatable bonds is 5. The summed E-state index contributed by atoms with van der Waals surface area (Å²) >= 11 is 0. The number of nitrogens with one attached hydrogen (secondary N) is 1. The maximum atomic E-state index is 13.8. The smallest absolute Gasteiger partial charge is 0.238 e. The number of hydrogen-bond acceptors (Lipinski definition) is 4. The fourth-order valence-electron chi connectivity index (χ4n) is 2.72. The van der Waals surface area contributed by atoms with Gasteiger partial charge in [0.25, 0.3) is 0 Å². The zero-order valence-corrected chi connectivity index (χ0v) is 14.3. The molecule has 2 aromatic carbocycles. The van der Waals surface area contributed by atoms with E-state index in [0.29, 0.717) is 18.9 Å². The van der Waals surface area contributed by atoms with Crippen molar-refractivity contribution in [3.63, 3.8) is 0 Å². The lowest BCUT2D eigenvalue weighted by atomic mass is 10.2. The molecule has 0 fully saturated rings. The van der Waals surface area contributed by atoms with Gasteiger partial charge in [0.1, 0.15) is 18.5 Å². The lowest BCUT2D eigenvalue weighted by molar-refractivity contribution is -0.117. The number of likely N-dealkylation sites (N-methyl/N-ethyl adjacent to an activating group) is 1. The molecule has 0 unspecified atom stereocenters. The van der Waals surface area contributed by atoms with Gasteiger partial charge in [0, 0.05) is 6.54 Å². The minimum Gasteiger partial charge on any atom is -0.486 e. The van der Waals surface area contributed by atoms with Crippen molar-refractivity contribution in [2.24, 2.45) is 0 Å². The number of hydrogen-bond donors (Lipinski definition) is 1. The largest absolute Gasteiger partial charge is 0.486 e. The van der Waals surface area contributed by atoms with Crippen molar-refractivity contribution < 1.29 is 18.7 Å². The number of benzene rings is 2. The predicted molar refractivity (Wildman–Crippen MR) is 93.6 cm³/mol. The SMILES string of the molecule is Cc1ccc(NC(=O)CN(C)C[C@H]2COc3ccccc3O2)c(F)c1. The van der Waals surface area contributed by atoms with E-state index in [4.69, 9.17) is 9.47 Å². The van der Waals surface area contributed by atoms with Crippen LogP contribution in [0.5, 0.6) is 11.5 Å². The van der Waals surface area contributed by atoms with Crippen molar-refractivity contribution >= 4 is 11.6 Å². The molecule has 0 aliphatic carbocycles. The third kappa shape index (κ3) is 4.48. The van der Waals surface area contributed by atoms with E-state index in [1.54, 1.807) is 19.1 Å². The van der Waals surface area contributed by atoms with Gasteiger partial charge in [-0.1, -0.05) is 18.2 Å². The van der Waals surface area contributed by atoms with Crippen LogP contribution in [0.2, 0.25) is 0 Å². The standard InChI is InChI=1S/C19H21FN2O3/c1-13-7-8-16(15(20)9-13)21-19(23)11-22(2)10-14-12-24-17-5-3-4-6-18(17)25-14/h3-9,14H,10-12H2,1-2H3,(H,21,23)/t14-/m0/s1. The summed E-state index contributed by atoms with van der Waals surface area (Å²) in [6, 6.07) is 12.2. The molecule has 0 saturated carbocycles. The highest BCUT2D eigenvalue weighted by Crippen LogP contribution is 2.30. The highest BCUT2D eigenvalue weighted by molar-refractivity contribution is 5.92. The lowest BCUT2D eigenvalue weighted by Crippen LogP contribution is -2.42. The Balaban J connectivity index is 1.51. The highest BCUT2D eigenvalue weighted by Gasteiger charge is 2.22. The van der Waals surface area contributed by atoms with Crippen LogP contribution in [0.25, 0.3) is 0 Å². The van der Waals surface area contributed by atoms with E-state index in [-0.39, 0.29) is 24.2 Å². The molecule has 1 N–H and O–H groups in total. The van der Waals surface area contributed by atoms with Gasteiger partial charge in [-0.25, -0.2) is 4.39 Å². The average molecular weight is 344 g/mol. The van der Waals surface area contributed by atoms with Gasteiger partial charge in [-0.2, -0.15) is 0 Å². The first-order valence-electron chi connectivity index (χ1n) is 8.14. The fourth-order valence-corrected chi connectivity index (χ4v) is 2.72. The van der Waals surface area contributed by atoms with Crippen molar-refractivity contribution in [2.45, 2.75) is 13.0 Å². The van der Waals surface area contributed by atoms with Crippen molar-refractivity contribution in [1.29, 1.82) is 0 Å². The van der Waals surface area contributed by atoms with Gasteiger partial charge in [0.2, 0.25) is 5.91 Å². The molecule has 1 aliphatic heterocycles. The van der Waals surface area contributed by atoms with Crippen molar-refractivity contribution in [3.8, 4) is 11.5 Å². The Morgan fingerprint density at radius 1 is 1.28 bits per heavy atom. The molecular formula is C19H21FN2O3. The Hall–Kier alpha value is -2.60. The predicted octanol–water partition coefficient (Wildman–Crippen LogP) is 2.84. The van der Waals surface area contributed by atoms with Crippen LogP contribution in [0.1, 0.15) is 5.56 Å². The first-order valence-corrected chi connectivity index (χ1v) is 8.14. The molecule has 1 amide bonds. The van der Waals surface area contributed by atoms with Crippen LogP contribution in [0.3, 0.4) is 0 Å². The van der Waals surface area contributed by atoms with Crippen LogP contribution < -0.4 is 14.8 Å². The first-order chi connectivity index (χ1) is 12.0. The molecule has 1 heterocycles. The maximum absolute atomic E-state index is 13.8. The molecule has 0 saturated heterocycles. The van der Waals surface area contributed by atoms with Gasteiger partial charge in [-0.15, -0.1) is 0 Å². The van der Waals surface area contributed by atoms with Gasteiger partial charge in [-0.05, 0) is 43.8 Å². The highest BCUT2D eigenvalue weighted by atomic mass is 19.1. The average Bonchev–Trinajstić information content (AvgIpc) is 2.57. The fraction of sp³-hybridized carbons (Fsp3) is 0.316. The van der Waals surface area contributed by atoms with E-state index in [2.05, 4.69) is 5.32 Å². The van der Waals surface area contributed by atoms with Gasteiger partial charge in [0.15, 0.2) is 11.5 Å². The molecule has 132 valence electrons. The monoisotopic (exact) mass is 344 g/mol. The number of fused-ring (bicyclic) bond motifs is 1. The summed E-state index contributed by atoms with van der Waals surface area (Å²) in [6.45, 7) is 2.88. The van der Waals surface area contributed by atoms with E-state index >= 15 is 0 Å². The Labute approximate surface area is 146 Å². The summed E-state index contributed by atoms with van der Waals surface area (Å²) in [7, 11) is 1.81. The number of nitrogens with zero attached hydrogens (tertiary/aromatic N) is 1. The Morgan fingerprint density at radius 3 is 2.80 bits per heavy atom. The van der Waals surface area contributed by atoms with Crippen LogP contribution in [-0.2, 0) is 4.79 Å². The molecular weight excluding hydrogens is 323 g/mol. The van der Waals surface area contributed by atoms with Crippen LogP contribution in [0.15, 0.2) is 42.5 Å². The topological polar surface area (TPSA) is 50.8 Å². The number of halogens is 1. The summed E-state index contributed by atoms with van der Waals surface area (Å²) < 4.78 is 25.3. The minimum atomic E-state index is -0.434. The minimum absolute atomic E-state index is 0.134. The summed E-state index contributed by atoms with van der Waals surface area (Å²) in [6.07, 6.45) is -0.163. The molecule has 1 atom stereocenters. The molecule has 0 aromatic heterocycles. The van der Waals surface area contributed by atoms with E-state index in [1.165, 1.54) is 6.07 Å². The molecule has 0 radical (unpaired) electrons. The third-order valence-corrected chi connectivity index (χ3v) is 3.90. The molecule has 0 bridgehead atoms. The summed E-state index contributed by atoms with van der Waals surface area (Å²) in [5.41, 5.74) is 0.998. The zero-order chi connectivity index (χ0) is 17.8. The summed E-state index contributed by atoms with van der Waals surface area (Å²) in [4.78, 5) is 13.9. The summed E-state index contributed by atoms with van der Waals surface area (Å²) in [5, 5.41) is 2.59. The molecule has 0 spiro atoms. The third-order valence-electron chi connectivity index (χ3n) is 3.90. The molecule has 2 aromatic rings. The second kappa shape index (κ2) is 7.53. The Bertz CT molecular complexity index is 766. The molecule has 6 heteroatoms. The molecule has 25 heavy (non-hydrogen) atoms. The normalized spacial score (nSPS) is 15.9. The van der Waals surface area contributed by atoms with E-state index in [9.17, 15) is 9.18 Å². The van der Waals surface area contributed by atoms with Crippen molar-refractivity contribution in [3.05, 3.63) is 53.8 Å². The Morgan fingerprint density at radius 2 is 2.04 bits per heavy atom. The second-order valence-corrected chi connectivity index (χ2v) is 6.23. The number of anilines is 1. The van der Waals surface area contributed by atoms with E-state index in [1.807, 2.05) is 36.2 Å². The van der Waals surface area contributed by atoms with Crippen molar-refractivity contribution in [2.75, 3.05) is 32.1 Å². The second-order valence-electron chi connectivity index (χ2n) is 6.23. The summed E-state index contributed by atoms with van der Waals surface area (Å²) in [5.74, 6) is 0.728. The number of ether oxygens (including phenoxy) is 2. The molecule has 5 nitrogen and oxygen atoms in total. The zero-order valence-electron chi connectivity index (χ0n) is 14.3. The van der Waals surface area contributed by atoms with Gasteiger partial charge >= 0.3 is 0 Å². The van der Waals surface area contributed by atoms with Gasteiger partial charge in [-0.3, -0.25) is 9.69 Å². The number of carbonyl (C=O) groups excluding carboxylic acids is 1. The van der Waals surface area contributed by atoms with Crippen LogP contribution >= 0.6 is 0 Å². The van der Waals surface area contributed by atoms with E-state index < -0.39 is 5.82 Å². The number of para-hydroxylation sites is 2.